The number of halogens is 1. The number of hydrogen-bond acceptors (Lipinski definition) is 5. The first-order chi connectivity index (χ1) is 8.95. The average molecular weight is 365 g/mol. The minimum Gasteiger partial charge on any atom is -0.337 e. The molecule has 2 heterocycles. The van der Waals surface area contributed by atoms with E-state index in [1.807, 2.05) is 17.9 Å². The molecule has 1 aliphatic heterocycles. The maximum atomic E-state index is 12.2. The van der Waals surface area contributed by atoms with Gasteiger partial charge in [-0.1, -0.05) is 6.92 Å². The molecular weight excluding hydrogens is 348 g/mol. The molecule has 0 amide bonds. The first-order valence-electron chi connectivity index (χ1n) is 6.14. The van der Waals surface area contributed by atoms with E-state index in [1.54, 1.807) is 24.9 Å². The van der Waals surface area contributed by atoms with Gasteiger partial charge >= 0.3 is 0 Å². The van der Waals surface area contributed by atoms with Crippen LogP contribution in [0.2, 0.25) is 0 Å². The van der Waals surface area contributed by atoms with Crippen molar-refractivity contribution >= 4 is 43.3 Å². The second kappa shape index (κ2) is 6.01. The summed E-state index contributed by atoms with van der Waals surface area (Å²) in [6.07, 6.45) is 1.78. The summed E-state index contributed by atoms with van der Waals surface area (Å²) in [5.74, 6) is 2.43. The highest BCUT2D eigenvalue weighted by Gasteiger charge is 2.34. The highest BCUT2D eigenvalue weighted by molar-refractivity contribution is 9.10. The summed E-state index contributed by atoms with van der Waals surface area (Å²) < 4.78 is 25.3. The molecule has 4 nitrogen and oxygen atoms in total. The van der Waals surface area contributed by atoms with Crippen molar-refractivity contribution in [2.24, 2.45) is 0 Å². The van der Waals surface area contributed by atoms with Gasteiger partial charge in [0.05, 0.1) is 4.47 Å². The van der Waals surface area contributed by atoms with Gasteiger partial charge in [-0.25, -0.2) is 13.4 Å². The lowest BCUT2D eigenvalue weighted by Gasteiger charge is -2.36. The van der Waals surface area contributed by atoms with Gasteiger partial charge in [0.15, 0.2) is 9.84 Å². The molecule has 1 aromatic heterocycles. The number of sulfone groups is 1. The van der Waals surface area contributed by atoms with Crippen LogP contribution in [0.3, 0.4) is 0 Å². The SMILES string of the molecule is CCS(=O)(=O)C1CSCCN1c1ncc(C)cc1Br. The standard InChI is InChI=1S/C12H17BrN2O2S2/c1-3-19(16,17)11-8-18-5-4-15(11)12-10(13)6-9(2)7-14-12/h6-7,11H,3-5,8H2,1-2H3. The van der Waals surface area contributed by atoms with Gasteiger partial charge in [0.2, 0.25) is 0 Å². The van der Waals surface area contributed by atoms with E-state index in [2.05, 4.69) is 20.9 Å². The Hall–Kier alpha value is -0.270. The average Bonchev–Trinajstić information content (AvgIpc) is 2.39. The molecule has 0 saturated carbocycles. The lowest BCUT2D eigenvalue weighted by molar-refractivity contribution is 0.578. The third-order valence-electron chi connectivity index (χ3n) is 3.13. The van der Waals surface area contributed by atoms with E-state index in [4.69, 9.17) is 0 Å². The number of hydrogen-bond donors (Lipinski definition) is 0. The summed E-state index contributed by atoms with van der Waals surface area (Å²) in [6.45, 7) is 4.38. The highest BCUT2D eigenvalue weighted by atomic mass is 79.9. The minimum atomic E-state index is -3.10. The quantitative estimate of drug-likeness (QED) is 0.824. The lowest BCUT2D eigenvalue weighted by Crippen LogP contribution is -2.48. The maximum absolute atomic E-state index is 12.2. The Labute approximate surface area is 127 Å². The fraction of sp³-hybridized carbons (Fsp3) is 0.583. The molecule has 19 heavy (non-hydrogen) atoms. The monoisotopic (exact) mass is 364 g/mol. The molecule has 0 bridgehead atoms. The van der Waals surface area contributed by atoms with Gasteiger partial charge in [-0.2, -0.15) is 11.8 Å². The third kappa shape index (κ3) is 3.25. The van der Waals surface area contributed by atoms with Crippen molar-refractivity contribution in [1.82, 2.24) is 4.98 Å². The Kier molecular flexibility index (Phi) is 4.79. The molecule has 1 fully saturated rings. The summed E-state index contributed by atoms with van der Waals surface area (Å²) >= 11 is 5.18. The Morgan fingerprint density at radius 3 is 2.95 bits per heavy atom. The number of thioether (sulfide) groups is 1. The van der Waals surface area contributed by atoms with Crippen molar-refractivity contribution in [3.8, 4) is 0 Å². The molecule has 1 saturated heterocycles. The molecule has 0 spiro atoms. The second-order valence-corrected chi connectivity index (χ2v) is 8.94. The first kappa shape index (κ1) is 15.1. The Bertz CT molecular complexity index is 563. The van der Waals surface area contributed by atoms with Crippen molar-refractivity contribution in [3.63, 3.8) is 0 Å². The normalized spacial score (nSPS) is 20.6. The molecule has 1 unspecified atom stereocenters. The molecule has 0 aromatic carbocycles. The van der Waals surface area contributed by atoms with E-state index < -0.39 is 15.2 Å². The number of aryl methyl sites for hydroxylation is 1. The molecule has 0 radical (unpaired) electrons. The fourth-order valence-electron chi connectivity index (χ4n) is 2.05. The van der Waals surface area contributed by atoms with E-state index in [1.165, 1.54) is 0 Å². The van der Waals surface area contributed by atoms with Crippen molar-refractivity contribution in [2.45, 2.75) is 19.2 Å². The van der Waals surface area contributed by atoms with Crippen LogP contribution in [0, 0.1) is 6.92 Å². The summed E-state index contributed by atoms with van der Waals surface area (Å²) in [5, 5.41) is -0.470. The van der Waals surface area contributed by atoms with E-state index in [9.17, 15) is 8.42 Å². The zero-order valence-corrected chi connectivity index (χ0v) is 14.2. The second-order valence-electron chi connectivity index (χ2n) is 4.49. The largest absolute Gasteiger partial charge is 0.337 e. The predicted octanol–water partition coefficient (Wildman–Crippen LogP) is 2.47. The van der Waals surface area contributed by atoms with Crippen molar-refractivity contribution in [3.05, 3.63) is 22.3 Å². The van der Waals surface area contributed by atoms with E-state index in [-0.39, 0.29) is 5.75 Å². The minimum absolute atomic E-state index is 0.165. The van der Waals surface area contributed by atoms with Crippen LogP contribution in [-0.2, 0) is 9.84 Å². The van der Waals surface area contributed by atoms with Gasteiger partial charge in [0.1, 0.15) is 11.2 Å². The molecular formula is C12H17BrN2O2S2. The van der Waals surface area contributed by atoms with Crippen LogP contribution in [0.25, 0.3) is 0 Å². The van der Waals surface area contributed by atoms with Crippen molar-refractivity contribution in [1.29, 1.82) is 0 Å². The van der Waals surface area contributed by atoms with E-state index in [0.717, 1.165) is 21.6 Å². The maximum Gasteiger partial charge on any atom is 0.171 e. The van der Waals surface area contributed by atoms with Gasteiger partial charge in [-0.15, -0.1) is 0 Å². The summed E-state index contributed by atoms with van der Waals surface area (Å²) in [4.78, 5) is 6.32. The van der Waals surface area contributed by atoms with Gasteiger partial charge in [-0.05, 0) is 34.5 Å². The molecule has 1 aliphatic rings. The number of anilines is 1. The number of aromatic nitrogens is 1. The zero-order chi connectivity index (χ0) is 14.0. The van der Waals surface area contributed by atoms with Gasteiger partial charge in [0, 0.05) is 30.0 Å². The van der Waals surface area contributed by atoms with Crippen LogP contribution in [-0.4, -0.2) is 42.6 Å². The van der Waals surface area contributed by atoms with Gasteiger partial charge in [0.25, 0.3) is 0 Å². The molecule has 7 heteroatoms. The molecule has 1 atom stereocenters. The van der Waals surface area contributed by atoms with E-state index >= 15 is 0 Å². The molecule has 1 aromatic rings. The lowest BCUT2D eigenvalue weighted by atomic mass is 10.3. The van der Waals surface area contributed by atoms with Crippen LogP contribution < -0.4 is 4.90 Å². The Morgan fingerprint density at radius 1 is 1.58 bits per heavy atom. The van der Waals surface area contributed by atoms with Crippen molar-refractivity contribution < 1.29 is 8.42 Å². The number of pyridine rings is 1. The van der Waals surface area contributed by atoms with Crippen LogP contribution in [0.1, 0.15) is 12.5 Å². The van der Waals surface area contributed by atoms with Crippen LogP contribution in [0.4, 0.5) is 5.82 Å². The Morgan fingerprint density at radius 2 is 2.32 bits per heavy atom. The third-order valence-corrected chi connectivity index (χ3v) is 7.00. The Balaban J connectivity index is 2.40. The van der Waals surface area contributed by atoms with E-state index in [0.29, 0.717) is 12.3 Å². The molecule has 0 aliphatic carbocycles. The molecule has 106 valence electrons. The predicted molar refractivity (Wildman–Crippen MR) is 84.6 cm³/mol. The molecule has 2 rings (SSSR count). The van der Waals surface area contributed by atoms with Gasteiger partial charge < -0.3 is 4.90 Å². The zero-order valence-electron chi connectivity index (χ0n) is 11.0. The highest BCUT2D eigenvalue weighted by Crippen LogP contribution is 2.31. The van der Waals surface area contributed by atoms with Crippen LogP contribution in [0.15, 0.2) is 16.7 Å². The fourth-order valence-corrected chi connectivity index (χ4v) is 5.71. The summed E-state index contributed by atoms with van der Waals surface area (Å²) in [6, 6.07) is 1.97. The van der Waals surface area contributed by atoms with Gasteiger partial charge in [-0.3, -0.25) is 0 Å². The number of nitrogens with zero attached hydrogens (tertiary/aromatic N) is 2. The van der Waals surface area contributed by atoms with Crippen LogP contribution >= 0.6 is 27.7 Å². The summed E-state index contributed by atoms with van der Waals surface area (Å²) in [5.41, 5.74) is 1.05. The summed E-state index contributed by atoms with van der Waals surface area (Å²) in [7, 11) is -3.10. The molecule has 0 N–H and O–H groups in total. The van der Waals surface area contributed by atoms with Crippen molar-refractivity contribution in [2.75, 3.05) is 28.7 Å². The first-order valence-corrected chi connectivity index (χ1v) is 9.80. The topological polar surface area (TPSA) is 50.3 Å². The number of rotatable bonds is 3. The smallest absolute Gasteiger partial charge is 0.171 e. The van der Waals surface area contributed by atoms with Crippen LogP contribution in [0.5, 0.6) is 0 Å².